The Kier molecular flexibility index (Phi) is 5.17. The van der Waals surface area contributed by atoms with Gasteiger partial charge in [-0.1, -0.05) is 19.1 Å². The molecule has 4 aromatic rings. The summed E-state index contributed by atoms with van der Waals surface area (Å²) in [5.74, 6) is 0.686. The van der Waals surface area contributed by atoms with Gasteiger partial charge in [-0.3, -0.25) is 9.36 Å². The Morgan fingerprint density at radius 1 is 1.07 bits per heavy atom. The van der Waals surface area contributed by atoms with E-state index in [1.807, 2.05) is 16.7 Å². The molecular formula is C21H23N5O3S. The van der Waals surface area contributed by atoms with Crippen LogP contribution < -0.4 is 5.56 Å². The van der Waals surface area contributed by atoms with E-state index in [9.17, 15) is 13.2 Å². The first kappa shape index (κ1) is 20.2. The van der Waals surface area contributed by atoms with Crippen LogP contribution in [-0.4, -0.2) is 45.9 Å². The fraction of sp³-hybridized carbons (Fsp3) is 0.286. The largest absolute Gasteiger partial charge is 0.326 e. The zero-order valence-corrected chi connectivity index (χ0v) is 17.9. The van der Waals surface area contributed by atoms with Crippen LogP contribution in [0.2, 0.25) is 0 Å². The molecule has 8 nitrogen and oxygen atoms in total. The Balaban J connectivity index is 1.83. The number of aromatic nitrogens is 4. The molecule has 0 saturated carbocycles. The normalized spacial score (nSPS) is 12.3. The molecule has 0 spiro atoms. The minimum Gasteiger partial charge on any atom is -0.326 e. The van der Waals surface area contributed by atoms with Gasteiger partial charge in [-0.2, -0.15) is 0 Å². The monoisotopic (exact) mass is 425 g/mol. The Hall–Kier alpha value is -3.04. The Morgan fingerprint density at radius 3 is 2.57 bits per heavy atom. The zero-order valence-electron chi connectivity index (χ0n) is 17.1. The topological polar surface area (TPSA) is 90.1 Å². The van der Waals surface area contributed by atoms with E-state index < -0.39 is 10.0 Å². The molecular weight excluding hydrogens is 402 g/mol. The summed E-state index contributed by atoms with van der Waals surface area (Å²) in [7, 11) is -0.556. The molecule has 0 N–H and O–H groups in total. The molecule has 156 valence electrons. The van der Waals surface area contributed by atoms with Gasteiger partial charge in [0.15, 0.2) is 0 Å². The van der Waals surface area contributed by atoms with Gasteiger partial charge in [0.05, 0.1) is 39.7 Å². The lowest BCUT2D eigenvalue weighted by Crippen LogP contribution is -2.23. The third kappa shape index (κ3) is 3.40. The molecule has 0 fully saturated rings. The summed E-state index contributed by atoms with van der Waals surface area (Å²) in [6.07, 6.45) is 2.41. The van der Waals surface area contributed by atoms with Gasteiger partial charge >= 0.3 is 0 Å². The van der Waals surface area contributed by atoms with Crippen molar-refractivity contribution >= 4 is 32.0 Å². The number of hydrogen-bond donors (Lipinski definition) is 0. The molecule has 4 rings (SSSR count). The number of hydrogen-bond acceptors (Lipinski definition) is 5. The maximum absolute atomic E-state index is 12.9. The number of imidazole rings is 1. The molecule has 0 aliphatic rings. The lowest BCUT2D eigenvalue weighted by Gasteiger charge is -2.11. The smallest absolute Gasteiger partial charge is 0.261 e. The minimum absolute atomic E-state index is 0.133. The van der Waals surface area contributed by atoms with Crippen molar-refractivity contribution in [3.8, 4) is 0 Å². The van der Waals surface area contributed by atoms with E-state index >= 15 is 0 Å². The number of aryl methyl sites for hydroxylation is 1. The second-order valence-corrected chi connectivity index (χ2v) is 9.46. The fourth-order valence-electron chi connectivity index (χ4n) is 3.50. The molecule has 2 heterocycles. The van der Waals surface area contributed by atoms with Gasteiger partial charge in [0, 0.05) is 20.6 Å². The van der Waals surface area contributed by atoms with Crippen LogP contribution in [0.25, 0.3) is 21.9 Å². The van der Waals surface area contributed by atoms with Crippen molar-refractivity contribution in [2.45, 2.75) is 31.3 Å². The highest BCUT2D eigenvalue weighted by atomic mass is 32.2. The summed E-state index contributed by atoms with van der Waals surface area (Å²) < 4.78 is 29.7. The highest BCUT2D eigenvalue weighted by molar-refractivity contribution is 7.89. The maximum Gasteiger partial charge on any atom is 0.261 e. The van der Waals surface area contributed by atoms with Crippen molar-refractivity contribution in [3.05, 3.63) is 65.0 Å². The van der Waals surface area contributed by atoms with Crippen molar-refractivity contribution in [3.63, 3.8) is 0 Å². The average molecular weight is 426 g/mol. The van der Waals surface area contributed by atoms with Gasteiger partial charge in [0.1, 0.15) is 5.82 Å². The van der Waals surface area contributed by atoms with Crippen LogP contribution in [0.1, 0.15) is 19.2 Å². The van der Waals surface area contributed by atoms with Gasteiger partial charge in [-0.25, -0.2) is 22.7 Å². The van der Waals surface area contributed by atoms with Gasteiger partial charge in [-0.15, -0.1) is 0 Å². The van der Waals surface area contributed by atoms with Crippen molar-refractivity contribution in [1.29, 1.82) is 0 Å². The number of fused-ring (bicyclic) bond motifs is 2. The van der Waals surface area contributed by atoms with E-state index in [0.29, 0.717) is 28.8 Å². The van der Waals surface area contributed by atoms with E-state index in [-0.39, 0.29) is 17.0 Å². The third-order valence-electron chi connectivity index (χ3n) is 5.07. The Bertz CT molecular complexity index is 1400. The lowest BCUT2D eigenvalue weighted by atomic mass is 10.2. The van der Waals surface area contributed by atoms with Gasteiger partial charge in [-0.05, 0) is 36.8 Å². The van der Waals surface area contributed by atoms with Crippen molar-refractivity contribution in [1.82, 2.24) is 23.4 Å². The van der Waals surface area contributed by atoms with Crippen LogP contribution >= 0.6 is 0 Å². The molecule has 0 aliphatic carbocycles. The SMILES string of the molecule is CCCn1c(Cn2cnc3ccccc3c2=O)nc2cc(S(=O)(=O)N(C)C)ccc21. The summed E-state index contributed by atoms with van der Waals surface area (Å²) >= 11 is 0. The van der Waals surface area contributed by atoms with Crippen LogP contribution in [0, 0.1) is 0 Å². The predicted octanol–water partition coefficient (Wildman–Crippen LogP) is 2.45. The summed E-state index contributed by atoms with van der Waals surface area (Å²) in [6, 6.07) is 12.2. The first-order chi connectivity index (χ1) is 14.3. The Labute approximate surface area is 174 Å². The number of sulfonamides is 1. The Morgan fingerprint density at radius 2 is 1.83 bits per heavy atom. The van der Waals surface area contributed by atoms with Crippen molar-refractivity contribution < 1.29 is 8.42 Å². The standard InChI is InChI=1S/C21H23N5O3S/c1-4-11-26-19-10-9-15(30(28,29)24(2)3)12-18(19)23-20(26)13-25-14-22-17-8-6-5-7-16(17)21(25)27/h5-10,12,14H,4,11,13H2,1-3H3. The van der Waals surface area contributed by atoms with E-state index in [1.54, 1.807) is 30.3 Å². The van der Waals surface area contributed by atoms with Crippen LogP contribution in [-0.2, 0) is 23.1 Å². The molecule has 0 atom stereocenters. The number of benzene rings is 2. The van der Waals surface area contributed by atoms with Crippen LogP contribution in [0.3, 0.4) is 0 Å². The van der Waals surface area contributed by atoms with Crippen LogP contribution in [0.15, 0.2) is 58.5 Å². The summed E-state index contributed by atoms with van der Waals surface area (Å²) in [6.45, 7) is 3.02. The second-order valence-electron chi connectivity index (χ2n) is 7.31. The fourth-order valence-corrected chi connectivity index (χ4v) is 4.42. The number of rotatable bonds is 6. The lowest BCUT2D eigenvalue weighted by molar-refractivity contribution is 0.521. The molecule has 9 heteroatoms. The number of nitrogens with zero attached hydrogens (tertiary/aromatic N) is 5. The summed E-state index contributed by atoms with van der Waals surface area (Å²) in [4.78, 5) is 22.1. The second kappa shape index (κ2) is 7.66. The van der Waals surface area contributed by atoms with E-state index in [1.165, 1.54) is 29.3 Å². The zero-order chi connectivity index (χ0) is 21.5. The highest BCUT2D eigenvalue weighted by Crippen LogP contribution is 2.23. The first-order valence-electron chi connectivity index (χ1n) is 9.69. The maximum atomic E-state index is 12.9. The highest BCUT2D eigenvalue weighted by Gasteiger charge is 2.20. The number of para-hydroxylation sites is 1. The quantitative estimate of drug-likeness (QED) is 0.473. The molecule has 2 aromatic heterocycles. The van der Waals surface area contributed by atoms with E-state index in [2.05, 4.69) is 16.9 Å². The van der Waals surface area contributed by atoms with E-state index in [4.69, 9.17) is 0 Å². The summed E-state index contributed by atoms with van der Waals surface area (Å²) in [5.41, 5.74) is 1.94. The van der Waals surface area contributed by atoms with Crippen LogP contribution in [0.5, 0.6) is 0 Å². The predicted molar refractivity (Wildman–Crippen MR) is 116 cm³/mol. The van der Waals surface area contributed by atoms with Gasteiger partial charge < -0.3 is 4.57 Å². The average Bonchev–Trinajstić information content (AvgIpc) is 3.07. The summed E-state index contributed by atoms with van der Waals surface area (Å²) in [5, 5.41) is 0.553. The molecule has 2 aromatic carbocycles. The molecule has 0 unspecified atom stereocenters. The molecule has 0 radical (unpaired) electrons. The van der Waals surface area contributed by atoms with Crippen molar-refractivity contribution in [2.24, 2.45) is 0 Å². The molecule has 0 saturated heterocycles. The van der Waals surface area contributed by atoms with E-state index in [0.717, 1.165) is 11.9 Å². The van der Waals surface area contributed by atoms with Gasteiger partial charge in [0.25, 0.3) is 5.56 Å². The van der Waals surface area contributed by atoms with Crippen LogP contribution in [0.4, 0.5) is 0 Å². The first-order valence-corrected chi connectivity index (χ1v) is 11.1. The molecule has 0 aliphatic heterocycles. The third-order valence-corrected chi connectivity index (χ3v) is 6.88. The minimum atomic E-state index is -3.56. The molecule has 0 bridgehead atoms. The van der Waals surface area contributed by atoms with Crippen molar-refractivity contribution in [2.75, 3.05) is 14.1 Å². The molecule has 0 amide bonds. The molecule has 30 heavy (non-hydrogen) atoms. The van der Waals surface area contributed by atoms with Gasteiger partial charge in [0.2, 0.25) is 10.0 Å².